The molecule has 2 aliphatic heterocycles. The second-order valence-electron chi connectivity index (χ2n) is 2.64. The molecule has 2 heterocycles. The molecule has 5 nitrogen and oxygen atoms in total. The van der Waals surface area contributed by atoms with Gasteiger partial charge in [0.05, 0.1) is 13.2 Å². The van der Waals surface area contributed by atoms with Crippen molar-refractivity contribution in [3.63, 3.8) is 0 Å². The largest absolute Gasteiger partial charge is 0.373 e. The quantitative estimate of drug-likeness (QED) is 0.444. The summed E-state index contributed by atoms with van der Waals surface area (Å²) in [5.41, 5.74) is 0. The molecule has 0 bridgehead atoms. The van der Waals surface area contributed by atoms with Crippen LogP contribution in [-0.2, 0) is 0 Å². The van der Waals surface area contributed by atoms with Crippen LogP contribution in [-0.4, -0.2) is 36.5 Å². The highest BCUT2D eigenvalue weighted by atomic mass is 15.4. The van der Waals surface area contributed by atoms with Gasteiger partial charge >= 0.3 is 0 Å². The molecule has 3 N–H and O–H groups in total. The van der Waals surface area contributed by atoms with Crippen LogP contribution in [0.2, 0.25) is 0 Å². The fourth-order valence-electron chi connectivity index (χ4n) is 1.21. The number of hydrogen-bond donors (Lipinski definition) is 3. The van der Waals surface area contributed by atoms with Crippen LogP contribution in [0.1, 0.15) is 0 Å². The van der Waals surface area contributed by atoms with Crippen molar-refractivity contribution in [2.45, 2.75) is 0 Å². The summed E-state index contributed by atoms with van der Waals surface area (Å²) >= 11 is 0. The summed E-state index contributed by atoms with van der Waals surface area (Å²) < 4.78 is 0. The molecule has 2 rings (SSSR count). The Balaban J connectivity index is 2.12. The number of nitrogens with zero attached hydrogens (tertiary/aromatic N) is 2. The Morgan fingerprint density at radius 1 is 1.58 bits per heavy atom. The first-order chi connectivity index (χ1) is 5.88. The molecule has 2 aliphatic rings. The Bertz CT molecular complexity index is 255. The molecule has 0 amide bonds. The number of hydrogen-bond acceptors (Lipinski definition) is 4. The van der Waals surface area contributed by atoms with Gasteiger partial charge in [-0.3, -0.25) is 15.3 Å². The van der Waals surface area contributed by atoms with Crippen LogP contribution in [0.25, 0.3) is 0 Å². The number of nitrogens with one attached hydrogen (secondary N) is 3. The van der Waals surface area contributed by atoms with Crippen LogP contribution in [0.4, 0.5) is 0 Å². The Labute approximate surface area is 70.7 Å². The monoisotopic (exact) mass is 165 g/mol. The van der Waals surface area contributed by atoms with Crippen molar-refractivity contribution < 1.29 is 0 Å². The van der Waals surface area contributed by atoms with E-state index in [1.807, 2.05) is 0 Å². The highest BCUT2D eigenvalue weighted by Gasteiger charge is 2.18. The number of rotatable bonds is 0. The van der Waals surface area contributed by atoms with Gasteiger partial charge in [0.2, 0.25) is 5.96 Å². The van der Waals surface area contributed by atoms with E-state index in [-0.39, 0.29) is 0 Å². The van der Waals surface area contributed by atoms with Gasteiger partial charge in [-0.15, -0.1) is 0 Å². The van der Waals surface area contributed by atoms with Gasteiger partial charge in [0, 0.05) is 12.7 Å². The topological polar surface area (TPSA) is 63.5 Å². The third kappa shape index (κ3) is 1.13. The number of amidine groups is 1. The Kier molecular flexibility index (Phi) is 1.69. The maximum atomic E-state index is 7.59. The van der Waals surface area contributed by atoms with Gasteiger partial charge in [-0.1, -0.05) is 0 Å². The predicted octanol–water partition coefficient (Wildman–Crippen LogP) is -0.701. The van der Waals surface area contributed by atoms with Crippen molar-refractivity contribution in [1.29, 1.82) is 5.41 Å². The molecule has 64 valence electrons. The van der Waals surface area contributed by atoms with Gasteiger partial charge in [-0.05, 0) is 6.08 Å². The minimum Gasteiger partial charge on any atom is -0.373 e. The summed E-state index contributed by atoms with van der Waals surface area (Å²) in [6.07, 6.45) is 3.49. The molecular formula is C7H11N5. The molecule has 0 aromatic rings. The normalized spacial score (nSPS) is 21.8. The molecule has 0 aromatic carbocycles. The molecule has 0 fully saturated rings. The molecule has 0 unspecified atom stereocenters. The Morgan fingerprint density at radius 2 is 2.50 bits per heavy atom. The Hall–Kier alpha value is -1.52. The lowest BCUT2D eigenvalue weighted by molar-refractivity contribution is 0.543. The van der Waals surface area contributed by atoms with Crippen molar-refractivity contribution in [2.75, 3.05) is 19.8 Å². The van der Waals surface area contributed by atoms with E-state index < -0.39 is 0 Å². The molecule has 0 radical (unpaired) electrons. The highest BCUT2D eigenvalue weighted by Crippen LogP contribution is 1.99. The fraction of sp³-hybridized carbons (Fsp3) is 0.429. The van der Waals surface area contributed by atoms with Crippen molar-refractivity contribution in [2.24, 2.45) is 4.99 Å². The summed E-state index contributed by atoms with van der Waals surface area (Å²) in [6, 6.07) is 0. The molecule has 12 heavy (non-hydrogen) atoms. The lowest BCUT2D eigenvalue weighted by Gasteiger charge is -2.25. The minimum absolute atomic E-state index is 0.474. The lowest BCUT2D eigenvalue weighted by Crippen LogP contribution is -2.47. The van der Waals surface area contributed by atoms with E-state index in [4.69, 9.17) is 5.41 Å². The third-order valence-electron chi connectivity index (χ3n) is 1.81. The average Bonchev–Trinajstić information content (AvgIpc) is 2.57. The van der Waals surface area contributed by atoms with Crippen LogP contribution >= 0.6 is 0 Å². The zero-order valence-corrected chi connectivity index (χ0v) is 6.67. The first-order valence-electron chi connectivity index (χ1n) is 3.92. The van der Waals surface area contributed by atoms with Gasteiger partial charge in [0.25, 0.3) is 0 Å². The second-order valence-corrected chi connectivity index (χ2v) is 2.64. The Morgan fingerprint density at radius 3 is 3.17 bits per heavy atom. The van der Waals surface area contributed by atoms with E-state index in [2.05, 4.69) is 15.6 Å². The van der Waals surface area contributed by atoms with Crippen LogP contribution < -0.4 is 10.6 Å². The van der Waals surface area contributed by atoms with E-state index in [0.717, 1.165) is 19.0 Å². The molecule has 5 heteroatoms. The molecule has 0 atom stereocenters. The first-order valence-corrected chi connectivity index (χ1v) is 3.92. The van der Waals surface area contributed by atoms with Crippen LogP contribution in [0.5, 0.6) is 0 Å². The van der Waals surface area contributed by atoms with Crippen LogP contribution in [0.15, 0.2) is 17.3 Å². The lowest BCUT2D eigenvalue weighted by atomic mass is 10.4. The van der Waals surface area contributed by atoms with E-state index in [1.54, 1.807) is 17.2 Å². The first kappa shape index (κ1) is 7.15. The summed E-state index contributed by atoms with van der Waals surface area (Å²) in [5.74, 6) is 1.28. The van der Waals surface area contributed by atoms with E-state index >= 15 is 0 Å². The van der Waals surface area contributed by atoms with E-state index in [1.165, 1.54) is 0 Å². The summed E-state index contributed by atoms with van der Waals surface area (Å²) in [6.45, 7) is 2.31. The second kappa shape index (κ2) is 2.84. The van der Waals surface area contributed by atoms with Gasteiger partial charge in [-0.25, -0.2) is 0 Å². The van der Waals surface area contributed by atoms with Gasteiger partial charge in [-0.2, -0.15) is 0 Å². The summed E-state index contributed by atoms with van der Waals surface area (Å²) in [4.78, 5) is 6.03. The number of guanidine groups is 1. The highest BCUT2D eigenvalue weighted by molar-refractivity contribution is 6.04. The maximum Gasteiger partial charge on any atom is 0.201 e. The van der Waals surface area contributed by atoms with Crippen molar-refractivity contribution in [1.82, 2.24) is 15.5 Å². The molecule has 0 spiro atoms. The number of aliphatic imine (C=N–C) groups is 1. The predicted molar refractivity (Wildman–Crippen MR) is 47.0 cm³/mol. The van der Waals surface area contributed by atoms with Gasteiger partial charge < -0.3 is 10.6 Å². The van der Waals surface area contributed by atoms with E-state index in [9.17, 15) is 0 Å². The third-order valence-corrected chi connectivity index (χ3v) is 1.81. The fourth-order valence-corrected chi connectivity index (χ4v) is 1.21. The maximum absolute atomic E-state index is 7.59. The molecule has 0 saturated heterocycles. The standard InChI is InChI=1S/C7H11N5/c8-6-1-2-9-5-12(6)7-10-3-4-11-7/h1-2,8-9H,3-5H2,(H,10,11). The van der Waals surface area contributed by atoms with E-state index in [0.29, 0.717) is 12.5 Å². The SMILES string of the molecule is N=C1C=CNCN1C1=NCCN1. The van der Waals surface area contributed by atoms with Crippen LogP contribution in [0, 0.1) is 5.41 Å². The van der Waals surface area contributed by atoms with Gasteiger partial charge in [0.1, 0.15) is 5.84 Å². The smallest absolute Gasteiger partial charge is 0.201 e. The van der Waals surface area contributed by atoms with Crippen molar-refractivity contribution >= 4 is 11.8 Å². The van der Waals surface area contributed by atoms with Gasteiger partial charge in [0.15, 0.2) is 0 Å². The van der Waals surface area contributed by atoms with Crippen LogP contribution in [0.3, 0.4) is 0 Å². The van der Waals surface area contributed by atoms with Crippen molar-refractivity contribution in [3.05, 3.63) is 12.3 Å². The summed E-state index contributed by atoms with van der Waals surface area (Å²) in [5, 5.41) is 13.7. The zero-order valence-electron chi connectivity index (χ0n) is 6.67. The zero-order chi connectivity index (χ0) is 8.39. The molecular weight excluding hydrogens is 154 g/mol. The molecule has 0 saturated carbocycles. The molecule has 0 aromatic heterocycles. The van der Waals surface area contributed by atoms with Crippen molar-refractivity contribution in [3.8, 4) is 0 Å². The molecule has 0 aliphatic carbocycles. The summed E-state index contributed by atoms with van der Waals surface area (Å²) in [7, 11) is 0. The minimum atomic E-state index is 0.474. The average molecular weight is 165 g/mol.